The smallest absolute Gasteiger partial charge is 0.128 e. The standard InChI is InChI=1S/C13H22N4/c1-10(2)12(15-3)13(17-14)16-9-11-7-5-4-6-8-11/h4-8,10,12,15H,9,14H2,1-3H3,(H,16,17). The summed E-state index contributed by atoms with van der Waals surface area (Å²) in [5.41, 5.74) is 3.87. The number of hydrogen-bond acceptors (Lipinski definition) is 3. The Hall–Kier alpha value is -1.39. The Balaban J connectivity index is 2.73. The van der Waals surface area contributed by atoms with Gasteiger partial charge in [-0.2, -0.15) is 0 Å². The molecule has 4 N–H and O–H groups in total. The first kappa shape index (κ1) is 13.7. The molecule has 0 aliphatic carbocycles. The molecule has 1 rings (SSSR count). The number of nitrogens with one attached hydrogen (secondary N) is 2. The predicted octanol–water partition coefficient (Wildman–Crippen LogP) is 1.29. The number of benzene rings is 1. The minimum absolute atomic E-state index is 0.156. The van der Waals surface area contributed by atoms with E-state index in [0.717, 1.165) is 5.84 Å². The van der Waals surface area contributed by atoms with Crippen LogP contribution in [0.3, 0.4) is 0 Å². The van der Waals surface area contributed by atoms with Gasteiger partial charge in [0.2, 0.25) is 0 Å². The van der Waals surface area contributed by atoms with E-state index in [0.29, 0.717) is 12.5 Å². The van der Waals surface area contributed by atoms with Crippen molar-refractivity contribution in [3.8, 4) is 0 Å². The number of hydrazine groups is 1. The van der Waals surface area contributed by atoms with Gasteiger partial charge in [-0.3, -0.25) is 4.99 Å². The van der Waals surface area contributed by atoms with Gasteiger partial charge in [0.15, 0.2) is 0 Å². The highest BCUT2D eigenvalue weighted by Crippen LogP contribution is 2.05. The topological polar surface area (TPSA) is 62.4 Å². The zero-order valence-corrected chi connectivity index (χ0v) is 10.8. The highest BCUT2D eigenvalue weighted by molar-refractivity contribution is 5.87. The van der Waals surface area contributed by atoms with Gasteiger partial charge in [0.1, 0.15) is 5.84 Å². The monoisotopic (exact) mass is 234 g/mol. The Bertz CT molecular complexity index is 346. The Labute approximate surface area is 103 Å². The quantitative estimate of drug-likeness (QED) is 0.311. The number of nitrogens with two attached hydrogens (primary N) is 1. The van der Waals surface area contributed by atoms with Crippen LogP contribution in [0, 0.1) is 5.92 Å². The normalized spacial score (nSPS) is 13.8. The summed E-state index contributed by atoms with van der Waals surface area (Å²) in [4.78, 5) is 4.52. The van der Waals surface area contributed by atoms with Gasteiger partial charge in [0.25, 0.3) is 0 Å². The summed E-state index contributed by atoms with van der Waals surface area (Å²) in [6.45, 7) is 4.92. The molecular weight excluding hydrogens is 212 g/mol. The van der Waals surface area contributed by atoms with Crippen molar-refractivity contribution in [2.45, 2.75) is 26.4 Å². The third-order valence-electron chi connectivity index (χ3n) is 2.69. The van der Waals surface area contributed by atoms with Gasteiger partial charge in [-0.25, -0.2) is 5.84 Å². The molecule has 94 valence electrons. The van der Waals surface area contributed by atoms with Crippen molar-refractivity contribution in [1.29, 1.82) is 0 Å². The molecule has 0 spiro atoms. The predicted molar refractivity (Wildman–Crippen MR) is 72.6 cm³/mol. The molecule has 0 saturated carbocycles. The second kappa shape index (κ2) is 7.04. The number of nitrogens with zero attached hydrogens (tertiary/aromatic N) is 1. The van der Waals surface area contributed by atoms with E-state index in [1.54, 1.807) is 0 Å². The first-order valence-electron chi connectivity index (χ1n) is 5.91. The zero-order chi connectivity index (χ0) is 12.7. The maximum atomic E-state index is 5.53. The van der Waals surface area contributed by atoms with E-state index >= 15 is 0 Å². The molecule has 0 aromatic heterocycles. The van der Waals surface area contributed by atoms with Crippen molar-refractivity contribution < 1.29 is 0 Å². The lowest BCUT2D eigenvalue weighted by Gasteiger charge is -2.21. The Kier molecular flexibility index (Phi) is 5.66. The van der Waals surface area contributed by atoms with Crippen LogP contribution >= 0.6 is 0 Å². The minimum atomic E-state index is 0.156. The molecule has 17 heavy (non-hydrogen) atoms. The van der Waals surface area contributed by atoms with Crippen LogP contribution < -0.4 is 16.6 Å². The Morgan fingerprint density at radius 2 is 1.94 bits per heavy atom. The SMILES string of the molecule is CNC(/C(=N\Cc1ccccc1)NN)C(C)C. The number of rotatable bonds is 5. The van der Waals surface area contributed by atoms with E-state index in [2.05, 4.69) is 41.7 Å². The van der Waals surface area contributed by atoms with Crippen LogP contribution in [-0.4, -0.2) is 18.9 Å². The molecule has 0 aliphatic rings. The molecule has 0 fully saturated rings. The maximum absolute atomic E-state index is 5.53. The molecule has 4 nitrogen and oxygen atoms in total. The third-order valence-corrected chi connectivity index (χ3v) is 2.69. The van der Waals surface area contributed by atoms with Gasteiger partial charge in [0, 0.05) is 0 Å². The van der Waals surface area contributed by atoms with E-state index in [1.165, 1.54) is 5.56 Å². The molecule has 0 amide bonds. The lowest BCUT2D eigenvalue weighted by atomic mass is 10.0. The number of aliphatic imine (C=N–C) groups is 1. The lowest BCUT2D eigenvalue weighted by Crippen LogP contribution is -2.48. The van der Waals surface area contributed by atoms with Crippen LogP contribution in [0.1, 0.15) is 19.4 Å². The van der Waals surface area contributed by atoms with Crippen molar-refractivity contribution in [3.63, 3.8) is 0 Å². The van der Waals surface area contributed by atoms with E-state index in [4.69, 9.17) is 5.84 Å². The number of hydrogen-bond donors (Lipinski definition) is 3. The van der Waals surface area contributed by atoms with Crippen LogP contribution in [-0.2, 0) is 6.54 Å². The van der Waals surface area contributed by atoms with Gasteiger partial charge in [0.05, 0.1) is 12.6 Å². The molecule has 4 heteroatoms. The van der Waals surface area contributed by atoms with Gasteiger partial charge in [-0.1, -0.05) is 44.2 Å². The van der Waals surface area contributed by atoms with Crippen molar-refractivity contribution in [2.24, 2.45) is 16.8 Å². The fraction of sp³-hybridized carbons (Fsp3) is 0.462. The van der Waals surface area contributed by atoms with Crippen molar-refractivity contribution in [2.75, 3.05) is 7.05 Å². The fourth-order valence-corrected chi connectivity index (χ4v) is 1.78. The van der Waals surface area contributed by atoms with Crippen LogP contribution in [0.2, 0.25) is 0 Å². The maximum Gasteiger partial charge on any atom is 0.128 e. The number of likely N-dealkylation sites (N-methyl/N-ethyl adjacent to an activating group) is 1. The average molecular weight is 234 g/mol. The van der Waals surface area contributed by atoms with Crippen LogP contribution in [0.15, 0.2) is 35.3 Å². The first-order chi connectivity index (χ1) is 8.19. The Morgan fingerprint density at radius 1 is 1.29 bits per heavy atom. The van der Waals surface area contributed by atoms with Gasteiger partial charge < -0.3 is 10.7 Å². The molecule has 1 unspecified atom stereocenters. The largest absolute Gasteiger partial charge is 0.311 e. The molecule has 1 atom stereocenters. The molecule has 0 bridgehead atoms. The summed E-state index contributed by atoms with van der Waals surface area (Å²) in [6.07, 6.45) is 0. The highest BCUT2D eigenvalue weighted by atomic mass is 15.3. The molecular formula is C13H22N4. The van der Waals surface area contributed by atoms with Crippen molar-refractivity contribution >= 4 is 5.84 Å². The first-order valence-corrected chi connectivity index (χ1v) is 5.91. The van der Waals surface area contributed by atoms with E-state index in [9.17, 15) is 0 Å². The minimum Gasteiger partial charge on any atom is -0.311 e. The third kappa shape index (κ3) is 4.17. The molecule has 1 aromatic carbocycles. The molecule has 1 aromatic rings. The molecule has 0 aliphatic heterocycles. The Morgan fingerprint density at radius 3 is 2.41 bits per heavy atom. The summed E-state index contributed by atoms with van der Waals surface area (Å²) < 4.78 is 0. The van der Waals surface area contributed by atoms with Crippen molar-refractivity contribution in [1.82, 2.24) is 10.7 Å². The number of amidine groups is 1. The lowest BCUT2D eigenvalue weighted by molar-refractivity contribution is 0.511. The van der Waals surface area contributed by atoms with Gasteiger partial charge >= 0.3 is 0 Å². The second-order valence-electron chi connectivity index (χ2n) is 4.34. The zero-order valence-electron chi connectivity index (χ0n) is 10.8. The summed E-state index contributed by atoms with van der Waals surface area (Å²) in [7, 11) is 1.92. The summed E-state index contributed by atoms with van der Waals surface area (Å²) >= 11 is 0. The molecule has 0 saturated heterocycles. The average Bonchev–Trinajstić information content (AvgIpc) is 2.35. The molecule has 0 heterocycles. The second-order valence-corrected chi connectivity index (χ2v) is 4.34. The molecule has 0 radical (unpaired) electrons. The van der Waals surface area contributed by atoms with E-state index in [1.807, 2.05) is 25.2 Å². The van der Waals surface area contributed by atoms with E-state index in [-0.39, 0.29) is 6.04 Å². The summed E-state index contributed by atoms with van der Waals surface area (Å²) in [5.74, 6) is 6.76. The van der Waals surface area contributed by atoms with Gasteiger partial charge in [-0.15, -0.1) is 0 Å². The fourth-order valence-electron chi connectivity index (χ4n) is 1.78. The van der Waals surface area contributed by atoms with Gasteiger partial charge in [-0.05, 0) is 18.5 Å². The summed E-state index contributed by atoms with van der Waals surface area (Å²) in [5, 5.41) is 3.22. The van der Waals surface area contributed by atoms with E-state index < -0.39 is 0 Å². The summed E-state index contributed by atoms with van der Waals surface area (Å²) in [6, 6.07) is 10.3. The van der Waals surface area contributed by atoms with Crippen LogP contribution in [0.5, 0.6) is 0 Å². The highest BCUT2D eigenvalue weighted by Gasteiger charge is 2.16. The van der Waals surface area contributed by atoms with Crippen LogP contribution in [0.25, 0.3) is 0 Å². The van der Waals surface area contributed by atoms with Crippen molar-refractivity contribution in [3.05, 3.63) is 35.9 Å². The van der Waals surface area contributed by atoms with Crippen LogP contribution in [0.4, 0.5) is 0 Å².